The predicted octanol–water partition coefficient (Wildman–Crippen LogP) is 3.04. The molecule has 0 bridgehead atoms. The van der Waals surface area contributed by atoms with Crippen LogP contribution in [0.5, 0.6) is 0 Å². The third-order valence-electron chi connectivity index (χ3n) is 6.11. The number of hydrogen-bond acceptors (Lipinski definition) is 7. The molecule has 39 heavy (non-hydrogen) atoms. The quantitative estimate of drug-likeness (QED) is 0.274. The number of nitrogens with two attached hydrogens (primary N) is 1. The number of primary sulfonamides is 1. The lowest BCUT2D eigenvalue weighted by Crippen LogP contribution is -2.38. The Hall–Kier alpha value is -4.35. The van der Waals surface area contributed by atoms with Crippen LogP contribution in [0.25, 0.3) is 11.3 Å². The van der Waals surface area contributed by atoms with Gasteiger partial charge in [-0.3, -0.25) is 9.59 Å². The third kappa shape index (κ3) is 6.95. The molecule has 0 radical (unpaired) electrons. The molecule has 10 nitrogen and oxygen atoms in total. The standard InChI is InChI=1S/C28H29N5O5S/c1-2-38-25(34)17-18-30-28(35)27(26(21-9-5-3-6-10-21)22-11-7-4-8-12-22)33-19-24(31-32-33)20-13-15-23(16-14-20)39(29,36)37/h3-16,19,26-27H,2,17-18H2,1H3,(H,30,35)(H2,29,36,37)/t27-/m1/s1. The van der Waals surface area contributed by atoms with Crippen LogP contribution in [0, 0.1) is 0 Å². The Morgan fingerprint density at radius 3 is 2.08 bits per heavy atom. The highest BCUT2D eigenvalue weighted by molar-refractivity contribution is 7.89. The molecular weight excluding hydrogens is 518 g/mol. The first-order chi connectivity index (χ1) is 18.8. The molecule has 11 heteroatoms. The van der Waals surface area contributed by atoms with E-state index < -0.39 is 28.0 Å². The Morgan fingerprint density at radius 1 is 0.949 bits per heavy atom. The molecule has 0 unspecified atom stereocenters. The van der Waals surface area contributed by atoms with Gasteiger partial charge in [-0.15, -0.1) is 5.10 Å². The van der Waals surface area contributed by atoms with Gasteiger partial charge in [-0.05, 0) is 30.2 Å². The zero-order chi connectivity index (χ0) is 27.8. The molecule has 1 amide bonds. The van der Waals surface area contributed by atoms with Crippen LogP contribution in [-0.2, 0) is 24.3 Å². The topological polar surface area (TPSA) is 146 Å². The summed E-state index contributed by atoms with van der Waals surface area (Å²) in [6.45, 7) is 2.09. The van der Waals surface area contributed by atoms with Crippen molar-refractivity contribution in [1.29, 1.82) is 0 Å². The summed E-state index contributed by atoms with van der Waals surface area (Å²) in [5, 5.41) is 16.6. The van der Waals surface area contributed by atoms with Crippen molar-refractivity contribution in [1.82, 2.24) is 20.3 Å². The van der Waals surface area contributed by atoms with Gasteiger partial charge in [0.05, 0.1) is 24.1 Å². The van der Waals surface area contributed by atoms with Gasteiger partial charge in [-0.2, -0.15) is 0 Å². The third-order valence-corrected chi connectivity index (χ3v) is 7.04. The molecule has 0 aliphatic carbocycles. The minimum atomic E-state index is -3.84. The summed E-state index contributed by atoms with van der Waals surface area (Å²) < 4.78 is 29.7. The molecule has 1 atom stereocenters. The average molecular weight is 548 g/mol. The number of aromatic nitrogens is 3. The van der Waals surface area contributed by atoms with Gasteiger partial charge >= 0.3 is 5.97 Å². The van der Waals surface area contributed by atoms with Gasteiger partial charge in [0.15, 0.2) is 0 Å². The summed E-state index contributed by atoms with van der Waals surface area (Å²) in [6.07, 6.45) is 1.67. The van der Waals surface area contributed by atoms with Crippen LogP contribution in [0.2, 0.25) is 0 Å². The average Bonchev–Trinajstić information content (AvgIpc) is 3.42. The van der Waals surface area contributed by atoms with Gasteiger partial charge in [-0.1, -0.05) is 78.0 Å². The van der Waals surface area contributed by atoms with E-state index in [9.17, 15) is 18.0 Å². The number of nitrogens with zero attached hydrogens (tertiary/aromatic N) is 3. The van der Waals surface area contributed by atoms with Crippen molar-refractivity contribution in [3.8, 4) is 11.3 Å². The van der Waals surface area contributed by atoms with Crippen molar-refractivity contribution in [2.24, 2.45) is 5.14 Å². The molecule has 0 aliphatic heterocycles. The maximum Gasteiger partial charge on any atom is 0.307 e. The van der Waals surface area contributed by atoms with Crippen LogP contribution in [0.15, 0.2) is 96.0 Å². The molecule has 1 aromatic heterocycles. The van der Waals surface area contributed by atoms with E-state index in [1.807, 2.05) is 60.7 Å². The Bertz CT molecular complexity index is 1470. The zero-order valence-electron chi connectivity index (χ0n) is 21.3. The van der Waals surface area contributed by atoms with Gasteiger partial charge in [0.2, 0.25) is 15.9 Å². The second-order valence-electron chi connectivity index (χ2n) is 8.74. The van der Waals surface area contributed by atoms with E-state index in [1.165, 1.54) is 16.8 Å². The Labute approximate surface area is 226 Å². The Balaban J connectivity index is 1.72. The smallest absolute Gasteiger partial charge is 0.307 e. The highest BCUT2D eigenvalue weighted by Crippen LogP contribution is 2.36. The first kappa shape index (κ1) is 27.7. The summed E-state index contributed by atoms with van der Waals surface area (Å²) in [6, 6.07) is 24.3. The van der Waals surface area contributed by atoms with Crippen LogP contribution in [-0.4, -0.2) is 48.4 Å². The number of benzene rings is 3. The molecule has 4 aromatic rings. The maximum atomic E-state index is 13.7. The second-order valence-corrected chi connectivity index (χ2v) is 10.3. The van der Waals surface area contributed by atoms with Crippen molar-refractivity contribution >= 4 is 21.9 Å². The maximum absolute atomic E-state index is 13.7. The lowest BCUT2D eigenvalue weighted by molar-refractivity contribution is -0.143. The van der Waals surface area contributed by atoms with E-state index in [0.29, 0.717) is 11.3 Å². The monoisotopic (exact) mass is 547 g/mol. The molecule has 0 aliphatic rings. The fourth-order valence-corrected chi connectivity index (χ4v) is 4.80. The van der Waals surface area contributed by atoms with Gasteiger partial charge in [0.25, 0.3) is 0 Å². The van der Waals surface area contributed by atoms with E-state index in [2.05, 4.69) is 15.6 Å². The predicted molar refractivity (Wildman–Crippen MR) is 145 cm³/mol. The molecule has 4 rings (SSSR count). The number of esters is 1. The lowest BCUT2D eigenvalue weighted by Gasteiger charge is -2.27. The zero-order valence-corrected chi connectivity index (χ0v) is 22.1. The highest BCUT2D eigenvalue weighted by atomic mass is 32.2. The molecular formula is C28H29N5O5S. The first-order valence-electron chi connectivity index (χ1n) is 12.4. The van der Waals surface area contributed by atoms with E-state index in [0.717, 1.165) is 11.1 Å². The Morgan fingerprint density at radius 2 is 1.54 bits per heavy atom. The van der Waals surface area contributed by atoms with E-state index in [-0.39, 0.29) is 30.4 Å². The normalized spacial score (nSPS) is 12.2. The van der Waals surface area contributed by atoms with Crippen LogP contribution < -0.4 is 10.5 Å². The number of amides is 1. The van der Waals surface area contributed by atoms with Crippen molar-refractivity contribution in [3.05, 3.63) is 102 Å². The number of carbonyl (C=O) groups excluding carboxylic acids is 2. The summed E-state index contributed by atoms with van der Waals surface area (Å²) in [4.78, 5) is 25.6. The summed E-state index contributed by atoms with van der Waals surface area (Å²) in [5.41, 5.74) is 2.83. The van der Waals surface area contributed by atoms with Gasteiger partial charge < -0.3 is 10.1 Å². The fourth-order valence-electron chi connectivity index (χ4n) is 4.29. The fraction of sp³-hybridized carbons (Fsp3) is 0.214. The van der Waals surface area contributed by atoms with Crippen molar-refractivity contribution in [3.63, 3.8) is 0 Å². The SMILES string of the molecule is CCOC(=O)CCNC(=O)[C@@H](C(c1ccccc1)c1ccccc1)n1cc(-c2ccc(S(N)(=O)=O)cc2)nn1. The van der Waals surface area contributed by atoms with Gasteiger partial charge in [0.1, 0.15) is 11.7 Å². The number of nitrogens with one attached hydrogen (secondary N) is 1. The number of sulfonamides is 1. The Kier molecular flexibility index (Phi) is 8.84. The van der Waals surface area contributed by atoms with Gasteiger partial charge in [0, 0.05) is 18.0 Å². The molecule has 1 heterocycles. The van der Waals surface area contributed by atoms with Crippen LogP contribution in [0.3, 0.4) is 0 Å². The van der Waals surface area contributed by atoms with Crippen LogP contribution >= 0.6 is 0 Å². The molecule has 0 fully saturated rings. The van der Waals surface area contributed by atoms with Crippen molar-refractivity contribution < 1.29 is 22.7 Å². The lowest BCUT2D eigenvalue weighted by atomic mass is 9.84. The molecule has 0 saturated carbocycles. The van der Waals surface area contributed by atoms with E-state index in [1.54, 1.807) is 25.3 Å². The molecule has 202 valence electrons. The summed E-state index contributed by atoms with van der Waals surface area (Å²) in [5.74, 6) is -1.18. The number of hydrogen-bond donors (Lipinski definition) is 2. The van der Waals surface area contributed by atoms with Crippen molar-refractivity contribution in [2.75, 3.05) is 13.2 Å². The summed E-state index contributed by atoms with van der Waals surface area (Å²) in [7, 11) is -3.84. The molecule has 3 N–H and O–H groups in total. The largest absolute Gasteiger partial charge is 0.466 e. The number of ether oxygens (including phenoxy) is 1. The summed E-state index contributed by atoms with van der Waals surface area (Å²) >= 11 is 0. The van der Waals surface area contributed by atoms with E-state index in [4.69, 9.17) is 9.88 Å². The highest BCUT2D eigenvalue weighted by Gasteiger charge is 2.34. The second kappa shape index (κ2) is 12.5. The molecule has 0 saturated heterocycles. The first-order valence-corrected chi connectivity index (χ1v) is 13.9. The van der Waals surface area contributed by atoms with Gasteiger partial charge in [-0.25, -0.2) is 18.2 Å². The molecule has 0 spiro atoms. The number of carbonyl (C=O) groups is 2. The van der Waals surface area contributed by atoms with Crippen LogP contribution in [0.1, 0.15) is 36.4 Å². The van der Waals surface area contributed by atoms with E-state index >= 15 is 0 Å². The number of rotatable bonds is 11. The minimum absolute atomic E-state index is 0.0225. The minimum Gasteiger partial charge on any atom is -0.466 e. The molecule has 3 aromatic carbocycles. The van der Waals surface area contributed by atoms with Crippen LogP contribution in [0.4, 0.5) is 0 Å². The van der Waals surface area contributed by atoms with Crippen molar-refractivity contribution in [2.45, 2.75) is 30.2 Å².